The number of carboxylic acids is 1. The van der Waals surface area contributed by atoms with Gasteiger partial charge in [-0.3, -0.25) is 4.79 Å². The Labute approximate surface area is 101 Å². The van der Waals surface area contributed by atoms with Crippen LogP contribution in [0.25, 0.3) is 0 Å². The summed E-state index contributed by atoms with van der Waals surface area (Å²) in [4.78, 5) is 26.1. The molecular formula is C12H20N2O3. The van der Waals surface area contributed by atoms with Crippen LogP contribution < -0.4 is 0 Å². The summed E-state index contributed by atoms with van der Waals surface area (Å²) < 4.78 is 0. The monoisotopic (exact) mass is 240 g/mol. The fourth-order valence-electron chi connectivity index (χ4n) is 2.94. The molecule has 0 aromatic heterocycles. The Morgan fingerprint density at radius 2 is 2.18 bits per heavy atom. The van der Waals surface area contributed by atoms with Crippen LogP contribution in [0.4, 0.5) is 4.79 Å². The number of hydrogen-bond donors (Lipinski definition) is 1. The van der Waals surface area contributed by atoms with E-state index in [-0.39, 0.29) is 12.5 Å². The minimum atomic E-state index is -0.800. The number of rotatable bonds is 4. The molecule has 2 unspecified atom stereocenters. The highest BCUT2D eigenvalue weighted by Gasteiger charge is 2.40. The predicted octanol–water partition coefficient (Wildman–Crippen LogP) is 1.39. The number of amides is 2. The Kier molecular flexibility index (Phi) is 3.54. The minimum absolute atomic E-state index is 0.0718. The van der Waals surface area contributed by atoms with Crippen LogP contribution in [0.15, 0.2) is 0 Å². The quantitative estimate of drug-likeness (QED) is 0.807. The van der Waals surface area contributed by atoms with Gasteiger partial charge >= 0.3 is 12.0 Å². The fourth-order valence-corrected chi connectivity index (χ4v) is 2.94. The zero-order chi connectivity index (χ0) is 12.4. The summed E-state index contributed by atoms with van der Waals surface area (Å²) in [5.41, 5.74) is 0. The molecular weight excluding hydrogens is 220 g/mol. The third-order valence-corrected chi connectivity index (χ3v) is 3.87. The minimum Gasteiger partial charge on any atom is -0.481 e. The van der Waals surface area contributed by atoms with Crippen molar-refractivity contribution in [1.29, 1.82) is 0 Å². The number of likely N-dealkylation sites (tertiary alicyclic amines) is 1. The first-order valence-corrected chi connectivity index (χ1v) is 6.31. The number of carbonyl (C=O) groups is 2. The summed E-state index contributed by atoms with van der Waals surface area (Å²) in [6.45, 7) is 1.42. The van der Waals surface area contributed by atoms with Gasteiger partial charge in [0.2, 0.25) is 0 Å². The first kappa shape index (κ1) is 12.2. The van der Waals surface area contributed by atoms with Gasteiger partial charge in [-0.2, -0.15) is 0 Å². The van der Waals surface area contributed by atoms with E-state index in [1.54, 1.807) is 11.9 Å². The summed E-state index contributed by atoms with van der Waals surface area (Å²) in [5.74, 6) is -0.0950. The van der Waals surface area contributed by atoms with Crippen LogP contribution in [0.3, 0.4) is 0 Å². The Morgan fingerprint density at radius 3 is 2.71 bits per heavy atom. The van der Waals surface area contributed by atoms with Crippen molar-refractivity contribution in [1.82, 2.24) is 9.80 Å². The lowest BCUT2D eigenvalue weighted by molar-refractivity contribution is -0.137. The molecule has 2 rings (SSSR count). The number of aliphatic carboxylic acids is 1. The van der Waals surface area contributed by atoms with Crippen LogP contribution in [-0.4, -0.2) is 53.1 Å². The maximum atomic E-state index is 12.1. The molecule has 2 atom stereocenters. The van der Waals surface area contributed by atoms with Crippen LogP contribution in [0.1, 0.15) is 32.1 Å². The van der Waals surface area contributed by atoms with Crippen LogP contribution in [-0.2, 0) is 4.79 Å². The zero-order valence-electron chi connectivity index (χ0n) is 10.3. The largest absolute Gasteiger partial charge is 0.481 e. The molecule has 0 spiro atoms. The first-order valence-electron chi connectivity index (χ1n) is 6.31. The zero-order valence-corrected chi connectivity index (χ0v) is 10.3. The molecule has 1 saturated carbocycles. The molecule has 96 valence electrons. The van der Waals surface area contributed by atoms with Gasteiger partial charge in [0, 0.05) is 32.6 Å². The Morgan fingerprint density at radius 1 is 1.41 bits per heavy atom. The standard InChI is InChI=1S/C12H20N2O3/c1-13(6-2-3-11(15)16)12(17)14-8-9-4-5-10(14)7-9/h9-10H,2-8H2,1H3,(H,15,16). The van der Waals surface area contributed by atoms with Crippen molar-refractivity contribution in [2.45, 2.75) is 38.1 Å². The van der Waals surface area contributed by atoms with Crippen molar-refractivity contribution < 1.29 is 14.7 Å². The van der Waals surface area contributed by atoms with E-state index >= 15 is 0 Å². The molecule has 1 aliphatic carbocycles. The second-order valence-electron chi connectivity index (χ2n) is 5.19. The van der Waals surface area contributed by atoms with Gasteiger partial charge in [-0.15, -0.1) is 0 Å². The number of hydrogen-bond acceptors (Lipinski definition) is 2. The fraction of sp³-hybridized carbons (Fsp3) is 0.833. The van der Waals surface area contributed by atoms with Gasteiger partial charge in [0.25, 0.3) is 0 Å². The molecule has 1 saturated heterocycles. The van der Waals surface area contributed by atoms with Gasteiger partial charge in [0.15, 0.2) is 0 Å². The molecule has 5 heteroatoms. The highest BCUT2D eigenvalue weighted by atomic mass is 16.4. The summed E-state index contributed by atoms with van der Waals surface area (Å²) in [6, 6.07) is 0.511. The second-order valence-corrected chi connectivity index (χ2v) is 5.19. The van der Waals surface area contributed by atoms with Gasteiger partial charge in [-0.1, -0.05) is 0 Å². The molecule has 2 amide bonds. The number of urea groups is 1. The van der Waals surface area contributed by atoms with Crippen LogP contribution >= 0.6 is 0 Å². The van der Waals surface area contributed by atoms with Gasteiger partial charge < -0.3 is 14.9 Å². The molecule has 2 aliphatic rings. The van der Waals surface area contributed by atoms with E-state index < -0.39 is 5.97 Å². The van der Waals surface area contributed by atoms with Crippen LogP contribution in [0.5, 0.6) is 0 Å². The molecule has 1 N–H and O–H groups in total. The lowest BCUT2D eigenvalue weighted by Gasteiger charge is -2.31. The van der Waals surface area contributed by atoms with E-state index in [4.69, 9.17) is 5.11 Å². The summed E-state index contributed by atoms with van der Waals surface area (Å²) in [6.07, 6.45) is 4.22. The van der Waals surface area contributed by atoms with E-state index in [1.807, 2.05) is 4.90 Å². The van der Waals surface area contributed by atoms with Gasteiger partial charge in [-0.25, -0.2) is 4.79 Å². The lowest BCUT2D eigenvalue weighted by atomic mass is 10.1. The Hall–Kier alpha value is -1.26. The SMILES string of the molecule is CN(CCCC(=O)O)C(=O)N1CC2CCC1C2. The smallest absolute Gasteiger partial charge is 0.319 e. The van der Waals surface area contributed by atoms with Gasteiger partial charge in [0.05, 0.1) is 0 Å². The summed E-state index contributed by atoms with van der Waals surface area (Å²) >= 11 is 0. The third-order valence-electron chi connectivity index (χ3n) is 3.87. The van der Waals surface area contributed by atoms with Crippen LogP contribution in [0, 0.1) is 5.92 Å². The Bertz CT molecular complexity index is 319. The molecule has 2 bridgehead atoms. The average molecular weight is 240 g/mol. The molecule has 17 heavy (non-hydrogen) atoms. The highest BCUT2D eigenvalue weighted by molar-refractivity contribution is 5.75. The molecule has 1 heterocycles. The summed E-state index contributed by atoms with van der Waals surface area (Å²) in [5, 5.41) is 8.55. The van der Waals surface area contributed by atoms with Crippen molar-refractivity contribution in [2.24, 2.45) is 5.92 Å². The van der Waals surface area contributed by atoms with Crippen molar-refractivity contribution in [2.75, 3.05) is 20.1 Å². The number of nitrogens with zero attached hydrogens (tertiary/aromatic N) is 2. The van der Waals surface area contributed by atoms with Crippen molar-refractivity contribution in [3.8, 4) is 0 Å². The first-order chi connectivity index (χ1) is 8.08. The second kappa shape index (κ2) is 4.94. The normalized spacial score (nSPS) is 26.3. The number of carbonyl (C=O) groups excluding carboxylic acids is 1. The molecule has 1 aliphatic heterocycles. The molecule has 5 nitrogen and oxygen atoms in total. The number of carboxylic acid groups (broad SMARTS) is 1. The predicted molar refractivity (Wildman–Crippen MR) is 62.7 cm³/mol. The van der Waals surface area contributed by atoms with Gasteiger partial charge in [-0.05, 0) is 31.6 Å². The maximum absolute atomic E-state index is 12.1. The van der Waals surface area contributed by atoms with E-state index in [0.29, 0.717) is 24.9 Å². The molecule has 0 radical (unpaired) electrons. The average Bonchev–Trinajstić information content (AvgIpc) is 2.88. The van der Waals surface area contributed by atoms with E-state index in [1.165, 1.54) is 6.42 Å². The topological polar surface area (TPSA) is 60.9 Å². The van der Waals surface area contributed by atoms with E-state index in [0.717, 1.165) is 19.4 Å². The summed E-state index contributed by atoms with van der Waals surface area (Å²) in [7, 11) is 1.76. The molecule has 2 fully saturated rings. The maximum Gasteiger partial charge on any atom is 0.319 e. The lowest BCUT2D eigenvalue weighted by Crippen LogP contribution is -2.45. The van der Waals surface area contributed by atoms with E-state index in [2.05, 4.69) is 0 Å². The highest BCUT2D eigenvalue weighted by Crippen LogP contribution is 2.37. The van der Waals surface area contributed by atoms with Crippen LogP contribution in [0.2, 0.25) is 0 Å². The third kappa shape index (κ3) is 2.70. The van der Waals surface area contributed by atoms with Crippen molar-refractivity contribution in [3.63, 3.8) is 0 Å². The van der Waals surface area contributed by atoms with Crippen molar-refractivity contribution in [3.05, 3.63) is 0 Å². The van der Waals surface area contributed by atoms with Gasteiger partial charge in [0.1, 0.15) is 0 Å². The Balaban J connectivity index is 1.77. The number of fused-ring (bicyclic) bond motifs is 2. The van der Waals surface area contributed by atoms with E-state index in [9.17, 15) is 9.59 Å². The molecule has 0 aromatic carbocycles. The van der Waals surface area contributed by atoms with Crippen molar-refractivity contribution >= 4 is 12.0 Å². The molecule has 0 aromatic rings. The number of piperidine rings is 1.